The first-order valence-electron chi connectivity index (χ1n) is 5.64. The summed E-state index contributed by atoms with van der Waals surface area (Å²) < 4.78 is 0. The lowest BCUT2D eigenvalue weighted by atomic mass is 9.82. The number of aryl methyl sites for hydroxylation is 1. The van der Waals surface area contributed by atoms with Crippen molar-refractivity contribution >= 4 is 11.7 Å². The predicted octanol–water partition coefficient (Wildman–Crippen LogP) is 1.05. The SMILES string of the molecule is Cc1cn[nH]c1NC(=O)C1(C)CCCNC1. The Morgan fingerprint density at radius 1 is 1.62 bits per heavy atom. The summed E-state index contributed by atoms with van der Waals surface area (Å²) in [5, 5.41) is 12.8. The Morgan fingerprint density at radius 3 is 3.00 bits per heavy atom. The minimum Gasteiger partial charge on any atom is -0.316 e. The van der Waals surface area contributed by atoms with E-state index in [0.29, 0.717) is 5.82 Å². The Balaban J connectivity index is 2.05. The molecular formula is C11H18N4O. The number of nitrogens with zero attached hydrogens (tertiary/aromatic N) is 1. The third-order valence-corrected chi connectivity index (χ3v) is 3.21. The number of anilines is 1. The highest BCUT2D eigenvalue weighted by molar-refractivity contribution is 5.95. The van der Waals surface area contributed by atoms with Crippen LogP contribution in [0.1, 0.15) is 25.3 Å². The zero-order valence-electron chi connectivity index (χ0n) is 9.76. The molecule has 1 saturated heterocycles. The monoisotopic (exact) mass is 222 g/mol. The molecule has 16 heavy (non-hydrogen) atoms. The Bertz CT molecular complexity index is 379. The molecule has 1 amide bonds. The Morgan fingerprint density at radius 2 is 2.44 bits per heavy atom. The largest absolute Gasteiger partial charge is 0.316 e. The molecule has 1 aliphatic rings. The second kappa shape index (κ2) is 4.25. The van der Waals surface area contributed by atoms with E-state index in [0.717, 1.165) is 31.5 Å². The van der Waals surface area contributed by atoms with E-state index in [1.54, 1.807) is 6.20 Å². The number of H-pyrrole nitrogens is 1. The first-order valence-corrected chi connectivity index (χ1v) is 5.64. The zero-order valence-corrected chi connectivity index (χ0v) is 9.76. The molecule has 1 unspecified atom stereocenters. The number of carbonyl (C=O) groups excluding carboxylic acids is 1. The van der Waals surface area contributed by atoms with Crippen LogP contribution in [0.25, 0.3) is 0 Å². The lowest BCUT2D eigenvalue weighted by Gasteiger charge is -2.32. The van der Waals surface area contributed by atoms with Crippen molar-refractivity contribution in [2.75, 3.05) is 18.4 Å². The maximum absolute atomic E-state index is 12.1. The van der Waals surface area contributed by atoms with Gasteiger partial charge < -0.3 is 10.6 Å². The average Bonchev–Trinajstić information content (AvgIpc) is 2.65. The van der Waals surface area contributed by atoms with Crippen molar-refractivity contribution in [3.05, 3.63) is 11.8 Å². The summed E-state index contributed by atoms with van der Waals surface area (Å²) in [6, 6.07) is 0. The van der Waals surface area contributed by atoms with Gasteiger partial charge in [-0.3, -0.25) is 9.89 Å². The fraction of sp³-hybridized carbons (Fsp3) is 0.636. The summed E-state index contributed by atoms with van der Waals surface area (Å²) in [5.74, 6) is 0.767. The number of carbonyl (C=O) groups is 1. The van der Waals surface area contributed by atoms with Crippen LogP contribution in [0.3, 0.4) is 0 Å². The third-order valence-electron chi connectivity index (χ3n) is 3.21. The molecule has 0 spiro atoms. The predicted molar refractivity (Wildman–Crippen MR) is 62.2 cm³/mol. The van der Waals surface area contributed by atoms with E-state index in [1.165, 1.54) is 0 Å². The minimum absolute atomic E-state index is 0.0621. The summed E-state index contributed by atoms with van der Waals surface area (Å²) >= 11 is 0. The van der Waals surface area contributed by atoms with Crippen LogP contribution < -0.4 is 10.6 Å². The molecule has 1 aromatic rings. The standard InChI is InChI=1S/C11H18N4O/c1-8-6-13-15-9(8)14-10(16)11(2)4-3-5-12-7-11/h6,12H,3-5,7H2,1-2H3,(H2,13,14,15,16). The topological polar surface area (TPSA) is 69.8 Å². The van der Waals surface area contributed by atoms with Crippen molar-refractivity contribution in [1.82, 2.24) is 15.5 Å². The number of aromatic amines is 1. The van der Waals surface area contributed by atoms with Crippen LogP contribution in [-0.2, 0) is 4.79 Å². The van der Waals surface area contributed by atoms with Gasteiger partial charge in [-0.2, -0.15) is 5.10 Å². The maximum atomic E-state index is 12.1. The maximum Gasteiger partial charge on any atom is 0.232 e. The summed E-state index contributed by atoms with van der Waals surface area (Å²) in [4.78, 5) is 12.1. The molecule has 0 radical (unpaired) electrons. The molecule has 88 valence electrons. The second-order valence-corrected chi connectivity index (χ2v) is 4.72. The molecule has 0 aliphatic carbocycles. The van der Waals surface area contributed by atoms with E-state index >= 15 is 0 Å². The average molecular weight is 222 g/mol. The highest BCUT2D eigenvalue weighted by atomic mass is 16.2. The number of rotatable bonds is 2. The highest BCUT2D eigenvalue weighted by Crippen LogP contribution is 2.27. The van der Waals surface area contributed by atoms with Crippen LogP contribution in [0.2, 0.25) is 0 Å². The highest BCUT2D eigenvalue weighted by Gasteiger charge is 2.34. The van der Waals surface area contributed by atoms with Gasteiger partial charge >= 0.3 is 0 Å². The molecule has 0 aromatic carbocycles. The summed E-state index contributed by atoms with van der Waals surface area (Å²) in [6.45, 7) is 5.67. The molecule has 3 N–H and O–H groups in total. The smallest absolute Gasteiger partial charge is 0.232 e. The first kappa shape index (κ1) is 11.1. The first-order chi connectivity index (χ1) is 7.62. The van der Waals surface area contributed by atoms with Crippen LogP contribution in [0, 0.1) is 12.3 Å². The summed E-state index contributed by atoms with van der Waals surface area (Å²) in [6.07, 6.45) is 3.68. The van der Waals surface area contributed by atoms with Gasteiger partial charge in [-0.1, -0.05) is 0 Å². The number of piperidine rings is 1. The van der Waals surface area contributed by atoms with Crippen molar-refractivity contribution in [1.29, 1.82) is 0 Å². The molecule has 2 heterocycles. The molecule has 1 aliphatic heterocycles. The van der Waals surface area contributed by atoms with Crippen LogP contribution in [0.15, 0.2) is 6.20 Å². The van der Waals surface area contributed by atoms with Gasteiger partial charge in [0.05, 0.1) is 11.6 Å². The van der Waals surface area contributed by atoms with E-state index in [2.05, 4.69) is 20.8 Å². The molecule has 0 bridgehead atoms. The number of hydrogen-bond acceptors (Lipinski definition) is 3. The molecule has 5 nitrogen and oxygen atoms in total. The molecular weight excluding hydrogens is 204 g/mol. The van der Waals surface area contributed by atoms with E-state index in [9.17, 15) is 4.79 Å². The molecule has 1 atom stereocenters. The van der Waals surface area contributed by atoms with E-state index in [1.807, 2.05) is 13.8 Å². The molecule has 5 heteroatoms. The quantitative estimate of drug-likeness (QED) is 0.700. The lowest BCUT2D eigenvalue weighted by molar-refractivity contribution is -0.125. The minimum atomic E-state index is -0.310. The second-order valence-electron chi connectivity index (χ2n) is 4.72. The van der Waals surface area contributed by atoms with Gasteiger partial charge in [-0.05, 0) is 33.2 Å². The number of hydrogen-bond donors (Lipinski definition) is 3. The Kier molecular flexibility index (Phi) is 2.96. The normalized spacial score (nSPS) is 25.4. The molecule has 1 fully saturated rings. The van der Waals surface area contributed by atoms with Crippen molar-refractivity contribution < 1.29 is 4.79 Å². The van der Waals surface area contributed by atoms with Gasteiger partial charge in [-0.15, -0.1) is 0 Å². The summed E-state index contributed by atoms with van der Waals surface area (Å²) in [5.41, 5.74) is 0.649. The number of amides is 1. The molecule has 0 saturated carbocycles. The van der Waals surface area contributed by atoms with Gasteiger partial charge in [-0.25, -0.2) is 0 Å². The van der Waals surface area contributed by atoms with Gasteiger partial charge in [0.1, 0.15) is 5.82 Å². The van der Waals surface area contributed by atoms with Gasteiger partial charge in [0.15, 0.2) is 0 Å². The van der Waals surface area contributed by atoms with E-state index < -0.39 is 0 Å². The van der Waals surface area contributed by atoms with Gasteiger partial charge in [0.25, 0.3) is 0 Å². The van der Waals surface area contributed by atoms with Crippen molar-refractivity contribution in [3.63, 3.8) is 0 Å². The van der Waals surface area contributed by atoms with Crippen molar-refractivity contribution in [3.8, 4) is 0 Å². The number of aromatic nitrogens is 2. The van der Waals surface area contributed by atoms with Crippen molar-refractivity contribution in [2.45, 2.75) is 26.7 Å². The van der Waals surface area contributed by atoms with Crippen molar-refractivity contribution in [2.24, 2.45) is 5.41 Å². The third kappa shape index (κ3) is 2.09. The van der Waals surface area contributed by atoms with E-state index in [4.69, 9.17) is 0 Å². The Labute approximate surface area is 95.0 Å². The fourth-order valence-corrected chi connectivity index (χ4v) is 1.99. The molecule has 1 aromatic heterocycles. The van der Waals surface area contributed by atoms with Crippen LogP contribution in [0.4, 0.5) is 5.82 Å². The zero-order chi connectivity index (χ0) is 11.6. The van der Waals surface area contributed by atoms with Crippen LogP contribution in [0.5, 0.6) is 0 Å². The molecule has 2 rings (SSSR count). The summed E-state index contributed by atoms with van der Waals surface area (Å²) in [7, 11) is 0. The van der Waals surface area contributed by atoms with Crippen LogP contribution >= 0.6 is 0 Å². The number of nitrogens with one attached hydrogen (secondary N) is 3. The fourth-order valence-electron chi connectivity index (χ4n) is 1.99. The van der Waals surface area contributed by atoms with E-state index in [-0.39, 0.29) is 11.3 Å². The van der Waals surface area contributed by atoms with Gasteiger partial charge in [0.2, 0.25) is 5.91 Å². The lowest BCUT2D eigenvalue weighted by Crippen LogP contribution is -2.46. The van der Waals surface area contributed by atoms with Gasteiger partial charge in [0, 0.05) is 12.1 Å². The van der Waals surface area contributed by atoms with Crippen LogP contribution in [-0.4, -0.2) is 29.2 Å². The Hall–Kier alpha value is -1.36.